The molecule has 0 heterocycles. The zero-order chi connectivity index (χ0) is 14.4. The van der Waals surface area contributed by atoms with Crippen LogP contribution >= 0.6 is 0 Å². The molecule has 0 spiro atoms. The molecular weight excluding hydrogens is 262 g/mol. The van der Waals surface area contributed by atoms with Crippen molar-refractivity contribution in [2.24, 2.45) is 35.3 Å². The molecule has 21 heavy (non-hydrogen) atoms. The summed E-state index contributed by atoms with van der Waals surface area (Å²) in [6, 6.07) is 7.30. The topological polar surface area (TPSA) is 52.3 Å². The highest BCUT2D eigenvalue weighted by Gasteiger charge is 2.51. The van der Waals surface area contributed by atoms with Crippen molar-refractivity contribution in [3.63, 3.8) is 0 Å². The Labute approximate surface area is 125 Å². The summed E-state index contributed by atoms with van der Waals surface area (Å²) < 4.78 is 5.94. The zero-order valence-electron chi connectivity index (χ0n) is 12.3. The Bertz CT molecular complexity index is 538. The molecule has 1 aromatic rings. The summed E-state index contributed by atoms with van der Waals surface area (Å²) in [7, 11) is 0. The quantitative estimate of drug-likeness (QED) is 0.923. The van der Waals surface area contributed by atoms with Crippen molar-refractivity contribution in [1.29, 1.82) is 0 Å². The Kier molecular flexibility index (Phi) is 3.16. The number of benzene rings is 1. The number of hydrogen-bond acceptors (Lipinski definition) is 2. The van der Waals surface area contributed by atoms with E-state index in [0.29, 0.717) is 17.2 Å². The molecule has 1 amide bonds. The van der Waals surface area contributed by atoms with Crippen LogP contribution in [0, 0.1) is 29.6 Å². The van der Waals surface area contributed by atoms with Gasteiger partial charge in [-0.25, -0.2) is 0 Å². The van der Waals surface area contributed by atoms with Crippen molar-refractivity contribution in [2.45, 2.75) is 32.1 Å². The van der Waals surface area contributed by atoms with Crippen molar-refractivity contribution in [3.8, 4) is 5.75 Å². The summed E-state index contributed by atoms with van der Waals surface area (Å²) in [6.07, 6.45) is 7.07. The molecule has 112 valence electrons. The van der Waals surface area contributed by atoms with E-state index >= 15 is 0 Å². The van der Waals surface area contributed by atoms with E-state index in [1.807, 2.05) is 18.2 Å². The number of carbonyl (C=O) groups excluding carboxylic acids is 1. The monoisotopic (exact) mass is 285 g/mol. The van der Waals surface area contributed by atoms with Gasteiger partial charge in [-0.1, -0.05) is 12.1 Å². The molecule has 3 aliphatic rings. The minimum Gasteiger partial charge on any atom is -0.492 e. The molecule has 4 rings (SSSR count). The molecule has 3 fully saturated rings. The van der Waals surface area contributed by atoms with E-state index in [1.54, 1.807) is 6.07 Å². The second-order valence-electron chi connectivity index (χ2n) is 7.17. The molecule has 5 atom stereocenters. The standard InChI is InChI=1S/C18H23NO2/c19-18(20)14-3-1-2-4-17(14)21-10-11-7-15-12-5-6-13(9-12)16(15)8-11/h1-4,11-13,15-16H,5-10H2,(H2,19,20)/t11-,12+,13-,15-,16+. The molecule has 0 aliphatic heterocycles. The zero-order valence-corrected chi connectivity index (χ0v) is 12.3. The van der Waals surface area contributed by atoms with Crippen molar-refractivity contribution in [1.82, 2.24) is 0 Å². The number of hydrogen-bond donors (Lipinski definition) is 1. The number of ether oxygens (including phenoxy) is 1. The second kappa shape index (κ2) is 5.04. The highest BCUT2D eigenvalue weighted by molar-refractivity contribution is 5.95. The number of carbonyl (C=O) groups is 1. The van der Waals surface area contributed by atoms with E-state index in [2.05, 4.69) is 0 Å². The van der Waals surface area contributed by atoms with Gasteiger partial charge < -0.3 is 10.5 Å². The minimum absolute atomic E-state index is 0.410. The third-order valence-electron chi connectivity index (χ3n) is 6.11. The lowest BCUT2D eigenvalue weighted by Crippen LogP contribution is -2.16. The fraction of sp³-hybridized carbons (Fsp3) is 0.611. The van der Waals surface area contributed by atoms with Crippen LogP contribution in [0.1, 0.15) is 42.5 Å². The maximum Gasteiger partial charge on any atom is 0.252 e. The average molecular weight is 285 g/mol. The van der Waals surface area contributed by atoms with Gasteiger partial charge in [0.2, 0.25) is 0 Å². The molecule has 1 aromatic carbocycles. The molecule has 3 heteroatoms. The molecule has 3 nitrogen and oxygen atoms in total. The average Bonchev–Trinajstić information content (AvgIpc) is 3.17. The first kappa shape index (κ1) is 13.2. The van der Waals surface area contributed by atoms with Gasteiger partial charge in [0.1, 0.15) is 5.75 Å². The first-order chi connectivity index (χ1) is 10.2. The number of fused-ring (bicyclic) bond motifs is 5. The summed E-state index contributed by atoms with van der Waals surface area (Å²) in [4.78, 5) is 11.4. The van der Waals surface area contributed by atoms with Crippen LogP contribution in [0.5, 0.6) is 5.75 Å². The van der Waals surface area contributed by atoms with E-state index in [-0.39, 0.29) is 0 Å². The van der Waals surface area contributed by atoms with Gasteiger partial charge in [0.25, 0.3) is 5.91 Å². The fourth-order valence-corrected chi connectivity index (χ4v) is 5.27. The molecule has 0 saturated heterocycles. The predicted octanol–water partition coefficient (Wildman–Crippen LogP) is 3.24. The van der Waals surface area contributed by atoms with Gasteiger partial charge in [0.05, 0.1) is 12.2 Å². The molecule has 2 bridgehead atoms. The largest absolute Gasteiger partial charge is 0.492 e. The summed E-state index contributed by atoms with van der Waals surface area (Å²) in [6.45, 7) is 0.733. The van der Waals surface area contributed by atoms with Crippen LogP contribution in [0.25, 0.3) is 0 Å². The van der Waals surface area contributed by atoms with Crippen LogP contribution in [0.15, 0.2) is 24.3 Å². The van der Waals surface area contributed by atoms with Gasteiger partial charge in [-0.3, -0.25) is 4.79 Å². The van der Waals surface area contributed by atoms with Crippen LogP contribution in [0.2, 0.25) is 0 Å². The lowest BCUT2D eigenvalue weighted by Gasteiger charge is -2.23. The molecule has 0 radical (unpaired) electrons. The van der Waals surface area contributed by atoms with Gasteiger partial charge in [-0.05, 0) is 73.8 Å². The maximum atomic E-state index is 11.4. The number of para-hydroxylation sites is 1. The number of rotatable bonds is 4. The Balaban J connectivity index is 1.39. The van der Waals surface area contributed by atoms with Crippen molar-refractivity contribution in [3.05, 3.63) is 29.8 Å². The van der Waals surface area contributed by atoms with E-state index in [4.69, 9.17) is 10.5 Å². The molecule has 0 unspecified atom stereocenters. The highest BCUT2D eigenvalue weighted by Crippen LogP contribution is 2.60. The molecule has 2 N–H and O–H groups in total. The third-order valence-corrected chi connectivity index (χ3v) is 6.11. The summed E-state index contributed by atoms with van der Waals surface area (Å²) in [5.74, 6) is 4.82. The Morgan fingerprint density at radius 3 is 2.43 bits per heavy atom. The van der Waals surface area contributed by atoms with Crippen LogP contribution in [-0.2, 0) is 0 Å². The summed E-state index contributed by atoms with van der Waals surface area (Å²) in [5.41, 5.74) is 5.89. The number of primary amides is 1. The van der Waals surface area contributed by atoms with Crippen LogP contribution in [0.4, 0.5) is 0 Å². The van der Waals surface area contributed by atoms with E-state index in [1.165, 1.54) is 32.1 Å². The smallest absolute Gasteiger partial charge is 0.252 e. The molecule has 3 aliphatic carbocycles. The first-order valence-corrected chi connectivity index (χ1v) is 8.24. The SMILES string of the molecule is NC(=O)c1ccccc1OC[C@@H]1C[C@@H]2[C@H]3CC[C@H](C3)[C@@H]2C1. The van der Waals surface area contributed by atoms with Gasteiger partial charge >= 0.3 is 0 Å². The van der Waals surface area contributed by atoms with Crippen molar-refractivity contribution in [2.75, 3.05) is 6.61 Å². The number of nitrogens with two attached hydrogens (primary N) is 1. The lowest BCUT2D eigenvalue weighted by molar-refractivity contribution is 0.0995. The van der Waals surface area contributed by atoms with Crippen molar-refractivity contribution >= 4 is 5.91 Å². The van der Waals surface area contributed by atoms with E-state index in [9.17, 15) is 4.79 Å². The summed E-state index contributed by atoms with van der Waals surface area (Å²) in [5, 5.41) is 0. The third kappa shape index (κ3) is 2.23. The first-order valence-electron chi connectivity index (χ1n) is 8.24. The Morgan fingerprint density at radius 1 is 1.10 bits per heavy atom. The predicted molar refractivity (Wildman–Crippen MR) is 81.0 cm³/mol. The van der Waals surface area contributed by atoms with Gasteiger partial charge in [0, 0.05) is 0 Å². The highest BCUT2D eigenvalue weighted by atomic mass is 16.5. The summed E-state index contributed by atoms with van der Waals surface area (Å²) >= 11 is 0. The van der Waals surface area contributed by atoms with Crippen molar-refractivity contribution < 1.29 is 9.53 Å². The maximum absolute atomic E-state index is 11.4. The van der Waals surface area contributed by atoms with Gasteiger partial charge in [0.15, 0.2) is 0 Å². The molecule has 0 aromatic heterocycles. The van der Waals surface area contributed by atoms with Crippen LogP contribution < -0.4 is 10.5 Å². The Hall–Kier alpha value is -1.51. The van der Waals surface area contributed by atoms with E-state index < -0.39 is 5.91 Å². The normalized spacial score (nSPS) is 36.7. The molecule has 3 saturated carbocycles. The lowest BCUT2D eigenvalue weighted by atomic mass is 9.82. The second-order valence-corrected chi connectivity index (χ2v) is 7.17. The molecular formula is C18H23NO2. The van der Waals surface area contributed by atoms with Crippen LogP contribution in [0.3, 0.4) is 0 Å². The van der Waals surface area contributed by atoms with E-state index in [0.717, 1.165) is 30.3 Å². The van der Waals surface area contributed by atoms with Gasteiger partial charge in [-0.2, -0.15) is 0 Å². The van der Waals surface area contributed by atoms with Gasteiger partial charge in [-0.15, -0.1) is 0 Å². The fourth-order valence-electron chi connectivity index (χ4n) is 5.27. The number of amides is 1. The Morgan fingerprint density at radius 2 is 1.76 bits per heavy atom. The minimum atomic E-state index is -0.410. The van der Waals surface area contributed by atoms with Crippen LogP contribution in [-0.4, -0.2) is 12.5 Å².